The molecule has 0 unspecified atom stereocenters. The molecule has 188 valence electrons. The monoisotopic (exact) mass is 496 g/mol. The van der Waals surface area contributed by atoms with Crippen molar-refractivity contribution in [3.63, 3.8) is 0 Å². The number of amides is 1. The lowest BCUT2D eigenvalue weighted by Gasteiger charge is -2.13. The maximum atomic E-state index is 13.8. The van der Waals surface area contributed by atoms with E-state index in [-0.39, 0.29) is 54.1 Å². The lowest BCUT2D eigenvalue weighted by atomic mass is 10.2. The lowest BCUT2D eigenvalue weighted by Crippen LogP contribution is -2.25. The van der Waals surface area contributed by atoms with Gasteiger partial charge in [0.15, 0.2) is 23.0 Å². The molecular formula is C23H24F4N4O4. The maximum Gasteiger partial charge on any atom is 0.387 e. The number of nitrogens with one attached hydrogen (secondary N) is 1. The molecule has 2 aromatic carbocycles. The third kappa shape index (κ3) is 6.93. The lowest BCUT2D eigenvalue weighted by molar-refractivity contribution is -0.0515. The third-order valence-electron chi connectivity index (χ3n) is 4.82. The molecule has 0 radical (unpaired) electrons. The summed E-state index contributed by atoms with van der Waals surface area (Å²) in [7, 11) is 0. The van der Waals surface area contributed by atoms with E-state index in [0.29, 0.717) is 31.0 Å². The van der Waals surface area contributed by atoms with Gasteiger partial charge in [0.1, 0.15) is 11.6 Å². The van der Waals surface area contributed by atoms with Crippen LogP contribution in [0.4, 0.5) is 17.6 Å². The van der Waals surface area contributed by atoms with Gasteiger partial charge in [0.2, 0.25) is 5.89 Å². The number of hydrogen-bond acceptors (Lipinski definition) is 7. The van der Waals surface area contributed by atoms with Crippen molar-refractivity contribution in [3.8, 4) is 23.0 Å². The van der Waals surface area contributed by atoms with Gasteiger partial charge in [-0.05, 0) is 43.7 Å². The van der Waals surface area contributed by atoms with Gasteiger partial charge in [-0.15, -0.1) is 0 Å². The van der Waals surface area contributed by atoms with E-state index in [1.165, 1.54) is 24.3 Å². The van der Waals surface area contributed by atoms with Crippen molar-refractivity contribution < 1.29 is 36.2 Å². The highest BCUT2D eigenvalue weighted by Crippen LogP contribution is 2.34. The molecule has 3 aromatic rings. The van der Waals surface area contributed by atoms with Crippen LogP contribution in [0.3, 0.4) is 0 Å². The number of nitrogens with zero attached hydrogens (tertiary/aromatic N) is 1. The number of unbranched alkanes of at least 4 members (excludes halogenated alkanes) is 1. The highest BCUT2D eigenvalue weighted by atomic mass is 19.3. The quantitative estimate of drug-likeness (QED) is 0.258. The number of rotatable bonds is 12. The Morgan fingerprint density at radius 1 is 1.09 bits per heavy atom. The van der Waals surface area contributed by atoms with Gasteiger partial charge < -0.3 is 30.7 Å². The summed E-state index contributed by atoms with van der Waals surface area (Å²) in [5, 5.41) is 2.48. The van der Waals surface area contributed by atoms with Crippen LogP contribution in [-0.2, 0) is 13.1 Å². The Labute approximate surface area is 198 Å². The molecule has 0 aliphatic rings. The minimum absolute atomic E-state index is 0.0148. The van der Waals surface area contributed by atoms with Gasteiger partial charge in [-0.2, -0.15) is 8.78 Å². The standard InChI is InChI=1S/C23H24F4N4O4/c24-15-5-3-14(16(25)10-15)12-30-21(32)20-19(11-29)34-22(31-20)13-4-6-17(35-23(26)27)18(9-13)33-8-2-1-7-28/h3-6,9-10,23H,1-2,7-8,11-12,28-29H2,(H,30,32). The van der Waals surface area contributed by atoms with Crippen LogP contribution in [0.2, 0.25) is 0 Å². The first-order valence-electron chi connectivity index (χ1n) is 10.7. The summed E-state index contributed by atoms with van der Waals surface area (Å²) in [6.07, 6.45) is 1.29. The van der Waals surface area contributed by atoms with Crippen molar-refractivity contribution in [2.45, 2.75) is 32.5 Å². The smallest absolute Gasteiger partial charge is 0.387 e. The van der Waals surface area contributed by atoms with Gasteiger partial charge in [0.25, 0.3) is 5.91 Å². The molecule has 35 heavy (non-hydrogen) atoms. The van der Waals surface area contributed by atoms with E-state index in [2.05, 4.69) is 15.0 Å². The van der Waals surface area contributed by atoms with Crippen LogP contribution in [0, 0.1) is 11.6 Å². The van der Waals surface area contributed by atoms with Gasteiger partial charge in [-0.1, -0.05) is 6.07 Å². The second-order valence-corrected chi connectivity index (χ2v) is 7.30. The van der Waals surface area contributed by atoms with E-state index in [0.717, 1.165) is 6.07 Å². The molecule has 5 N–H and O–H groups in total. The number of halogens is 4. The molecule has 1 aromatic heterocycles. The van der Waals surface area contributed by atoms with Crippen LogP contribution in [0.15, 0.2) is 40.8 Å². The number of carbonyl (C=O) groups excluding carboxylic acids is 1. The summed E-state index contributed by atoms with van der Waals surface area (Å²) in [6, 6.07) is 7.05. The van der Waals surface area contributed by atoms with Crippen molar-refractivity contribution in [1.82, 2.24) is 10.3 Å². The topological polar surface area (TPSA) is 126 Å². The van der Waals surface area contributed by atoms with E-state index in [1.54, 1.807) is 0 Å². The fourth-order valence-corrected chi connectivity index (χ4v) is 3.09. The first kappa shape index (κ1) is 26.0. The van der Waals surface area contributed by atoms with E-state index in [1.807, 2.05) is 0 Å². The predicted octanol–water partition coefficient (Wildman–Crippen LogP) is 3.73. The maximum absolute atomic E-state index is 13.8. The molecule has 0 saturated heterocycles. The molecule has 8 nitrogen and oxygen atoms in total. The normalized spacial score (nSPS) is 11.1. The molecule has 3 rings (SSSR count). The Hall–Kier alpha value is -3.64. The Balaban J connectivity index is 1.81. The molecule has 0 aliphatic heterocycles. The summed E-state index contributed by atoms with van der Waals surface area (Å²) < 4.78 is 68.1. The molecule has 12 heteroatoms. The van der Waals surface area contributed by atoms with E-state index < -0.39 is 24.2 Å². The van der Waals surface area contributed by atoms with Crippen molar-refractivity contribution in [1.29, 1.82) is 0 Å². The SMILES string of the molecule is NCCCCOc1cc(-c2nc(C(=O)NCc3ccc(F)cc3F)c(CN)o2)ccc1OC(F)F. The molecule has 0 atom stereocenters. The zero-order valence-corrected chi connectivity index (χ0v) is 18.5. The number of aromatic nitrogens is 1. The highest BCUT2D eigenvalue weighted by Gasteiger charge is 2.22. The second-order valence-electron chi connectivity index (χ2n) is 7.30. The van der Waals surface area contributed by atoms with Crippen LogP contribution in [0.1, 0.15) is 34.7 Å². The van der Waals surface area contributed by atoms with Crippen molar-refractivity contribution >= 4 is 5.91 Å². The van der Waals surface area contributed by atoms with Crippen LogP contribution in [-0.4, -0.2) is 30.7 Å². The molecule has 0 saturated carbocycles. The number of carbonyl (C=O) groups is 1. The van der Waals surface area contributed by atoms with Gasteiger partial charge in [-0.25, -0.2) is 13.8 Å². The van der Waals surface area contributed by atoms with E-state index in [4.69, 9.17) is 20.6 Å². The predicted molar refractivity (Wildman–Crippen MR) is 118 cm³/mol. The van der Waals surface area contributed by atoms with Crippen molar-refractivity contribution in [3.05, 3.63) is 65.1 Å². The largest absolute Gasteiger partial charge is 0.490 e. The zero-order chi connectivity index (χ0) is 25.4. The summed E-state index contributed by atoms with van der Waals surface area (Å²) in [5.74, 6) is -2.35. The fourth-order valence-electron chi connectivity index (χ4n) is 3.09. The Morgan fingerprint density at radius 2 is 1.89 bits per heavy atom. The number of benzene rings is 2. The molecule has 0 bridgehead atoms. The number of alkyl halides is 2. The van der Waals surface area contributed by atoms with Crippen molar-refractivity contribution in [2.75, 3.05) is 13.2 Å². The highest BCUT2D eigenvalue weighted by molar-refractivity contribution is 5.93. The van der Waals surface area contributed by atoms with Gasteiger partial charge in [0, 0.05) is 23.7 Å². The Bertz CT molecular complexity index is 1160. The Morgan fingerprint density at radius 3 is 2.57 bits per heavy atom. The van der Waals surface area contributed by atoms with Crippen molar-refractivity contribution in [2.24, 2.45) is 11.5 Å². The van der Waals surface area contributed by atoms with Gasteiger partial charge in [0.05, 0.1) is 13.2 Å². The first-order chi connectivity index (χ1) is 16.8. The van der Waals surface area contributed by atoms with Crippen LogP contribution < -0.4 is 26.3 Å². The van der Waals surface area contributed by atoms with Crippen LogP contribution >= 0.6 is 0 Å². The average Bonchev–Trinajstić information content (AvgIpc) is 3.26. The second kappa shape index (κ2) is 12.2. The summed E-state index contributed by atoms with van der Waals surface area (Å²) in [4.78, 5) is 16.8. The Kier molecular flexibility index (Phi) is 9.04. The fraction of sp³-hybridized carbons (Fsp3) is 0.304. The summed E-state index contributed by atoms with van der Waals surface area (Å²) in [6.45, 7) is -2.78. The molecule has 0 fully saturated rings. The molecule has 0 spiro atoms. The number of ether oxygens (including phenoxy) is 2. The van der Waals surface area contributed by atoms with E-state index in [9.17, 15) is 22.4 Å². The summed E-state index contributed by atoms with van der Waals surface area (Å²) >= 11 is 0. The zero-order valence-electron chi connectivity index (χ0n) is 18.5. The third-order valence-corrected chi connectivity index (χ3v) is 4.82. The minimum Gasteiger partial charge on any atom is -0.490 e. The van der Waals surface area contributed by atoms with Gasteiger partial charge >= 0.3 is 6.61 Å². The van der Waals surface area contributed by atoms with Gasteiger partial charge in [-0.3, -0.25) is 4.79 Å². The number of oxazole rings is 1. The molecule has 1 heterocycles. The minimum atomic E-state index is -3.06. The molecule has 0 aliphatic carbocycles. The first-order valence-corrected chi connectivity index (χ1v) is 10.7. The van der Waals surface area contributed by atoms with Crippen LogP contribution in [0.25, 0.3) is 11.5 Å². The van der Waals surface area contributed by atoms with Crippen LogP contribution in [0.5, 0.6) is 11.5 Å². The average molecular weight is 496 g/mol. The number of nitrogens with two attached hydrogens (primary N) is 2. The molecular weight excluding hydrogens is 472 g/mol. The van der Waals surface area contributed by atoms with E-state index >= 15 is 0 Å². The number of hydrogen-bond donors (Lipinski definition) is 3. The molecule has 1 amide bonds. The summed E-state index contributed by atoms with van der Waals surface area (Å²) in [5.41, 5.74) is 11.4.